The van der Waals surface area contributed by atoms with Crippen molar-refractivity contribution in [2.45, 2.75) is 57.1 Å². The van der Waals surface area contributed by atoms with Gasteiger partial charge in [-0.1, -0.05) is 127 Å². The highest BCUT2D eigenvalue weighted by Gasteiger charge is 2.50. The van der Waals surface area contributed by atoms with Crippen LogP contribution in [-0.2, 0) is 50.1 Å². The van der Waals surface area contributed by atoms with Crippen molar-refractivity contribution in [3.05, 3.63) is 162 Å². The van der Waals surface area contributed by atoms with Gasteiger partial charge in [-0.3, -0.25) is 0 Å². The number of para-hydroxylation sites is 1. The van der Waals surface area contributed by atoms with Gasteiger partial charge >= 0.3 is 0 Å². The zero-order valence-electron chi connectivity index (χ0n) is 27.5. The Bertz CT molecular complexity index is 1670. The number of benzene rings is 5. The van der Waals surface area contributed by atoms with Crippen molar-refractivity contribution in [3.63, 3.8) is 0 Å². The van der Waals surface area contributed by atoms with Crippen molar-refractivity contribution < 1.29 is 38.3 Å². The fourth-order valence-electron chi connectivity index (χ4n) is 5.73. The second kappa shape index (κ2) is 17.6. The molecule has 1 heterocycles. The summed E-state index contributed by atoms with van der Waals surface area (Å²) < 4.78 is 44.9. The highest BCUT2D eigenvalue weighted by atomic mass is 16.7. The second-order valence-corrected chi connectivity index (χ2v) is 11.8. The standard InChI is InChI=1S/C41H42O8/c1-43-34-23-14-24-35(37(34)42)48-41-40(47-28-33-21-12-5-13-22-33)39(46-27-32-19-10-4-11-20-32)38(45-26-31-17-8-3-9-18-31)36(49-41)29-44-25-30-15-6-2-7-16-30/h2-24,36,38-42H,25-29H2,1H3/t36-,38-,39+,40+,41-/m1/s1. The minimum atomic E-state index is -1.01. The number of hydrogen-bond donors (Lipinski definition) is 1. The Morgan fingerprint density at radius 2 is 0.959 bits per heavy atom. The van der Waals surface area contributed by atoms with Crippen LogP contribution in [-0.4, -0.2) is 49.5 Å². The first kappa shape index (κ1) is 34.2. The van der Waals surface area contributed by atoms with Gasteiger partial charge in [0.1, 0.15) is 24.4 Å². The SMILES string of the molecule is COc1cccc(O[C@@H]2O[C@H](COCc3ccccc3)[C@@H](OCc3ccccc3)[C@H](OCc3ccccc3)[C@@H]2OCc2ccccc2)c1O. The number of rotatable bonds is 16. The van der Waals surface area contributed by atoms with Crippen LogP contribution in [0.1, 0.15) is 22.3 Å². The summed E-state index contributed by atoms with van der Waals surface area (Å²) in [7, 11) is 1.49. The lowest BCUT2D eigenvalue weighted by atomic mass is 9.97. The summed E-state index contributed by atoms with van der Waals surface area (Å²) in [6.07, 6.45) is -3.68. The van der Waals surface area contributed by atoms with Gasteiger partial charge in [-0.15, -0.1) is 0 Å². The fourth-order valence-corrected chi connectivity index (χ4v) is 5.73. The van der Waals surface area contributed by atoms with Crippen molar-refractivity contribution in [1.82, 2.24) is 0 Å². The summed E-state index contributed by atoms with van der Waals surface area (Å²) in [5.74, 6) is 0.322. The van der Waals surface area contributed by atoms with Crippen LogP contribution in [0.15, 0.2) is 140 Å². The molecule has 1 saturated heterocycles. The maximum atomic E-state index is 11.0. The quantitative estimate of drug-likeness (QED) is 0.117. The van der Waals surface area contributed by atoms with E-state index in [2.05, 4.69) is 0 Å². The van der Waals surface area contributed by atoms with Crippen LogP contribution >= 0.6 is 0 Å². The predicted molar refractivity (Wildman–Crippen MR) is 185 cm³/mol. The minimum Gasteiger partial charge on any atom is -0.502 e. The summed E-state index contributed by atoms with van der Waals surface area (Å²) in [6, 6.07) is 44.9. The van der Waals surface area contributed by atoms with Crippen LogP contribution < -0.4 is 9.47 Å². The monoisotopic (exact) mass is 662 g/mol. The van der Waals surface area contributed by atoms with Gasteiger partial charge < -0.3 is 38.3 Å². The zero-order chi connectivity index (χ0) is 33.7. The third-order valence-electron chi connectivity index (χ3n) is 8.27. The van der Waals surface area contributed by atoms with Crippen LogP contribution in [0, 0.1) is 0 Å². The Hall–Kier alpha value is -4.70. The van der Waals surface area contributed by atoms with E-state index in [1.165, 1.54) is 7.11 Å². The van der Waals surface area contributed by atoms with E-state index in [0.29, 0.717) is 19.8 Å². The third-order valence-corrected chi connectivity index (χ3v) is 8.27. The third kappa shape index (κ3) is 9.47. The van der Waals surface area contributed by atoms with Gasteiger partial charge in [0.05, 0.1) is 40.1 Å². The molecule has 1 N–H and O–H groups in total. The minimum absolute atomic E-state index is 0.142. The Balaban J connectivity index is 1.34. The van der Waals surface area contributed by atoms with Crippen LogP contribution in [0.25, 0.3) is 0 Å². The van der Waals surface area contributed by atoms with Crippen molar-refractivity contribution in [2.75, 3.05) is 13.7 Å². The number of hydrogen-bond acceptors (Lipinski definition) is 8. The van der Waals surface area contributed by atoms with E-state index >= 15 is 0 Å². The molecule has 0 amide bonds. The lowest BCUT2D eigenvalue weighted by Crippen LogP contribution is -2.62. The number of phenols is 1. The maximum absolute atomic E-state index is 11.0. The zero-order valence-corrected chi connectivity index (χ0v) is 27.5. The summed E-state index contributed by atoms with van der Waals surface area (Å²) in [5, 5.41) is 11.0. The molecular formula is C41H42O8. The van der Waals surface area contributed by atoms with Crippen molar-refractivity contribution in [1.29, 1.82) is 0 Å². The number of methoxy groups -OCH3 is 1. The first-order valence-corrected chi connectivity index (χ1v) is 16.4. The highest BCUT2D eigenvalue weighted by molar-refractivity contribution is 5.49. The first-order chi connectivity index (χ1) is 24.2. The highest BCUT2D eigenvalue weighted by Crippen LogP contribution is 2.39. The normalized spacial score (nSPS) is 20.5. The Labute approximate surface area is 287 Å². The topological polar surface area (TPSA) is 84.8 Å². The lowest BCUT2D eigenvalue weighted by molar-refractivity contribution is -0.310. The number of phenolic OH excluding ortho intramolecular Hbond substituents is 1. The molecule has 5 atom stereocenters. The Morgan fingerprint density at radius 3 is 1.47 bits per heavy atom. The van der Waals surface area contributed by atoms with E-state index in [1.807, 2.05) is 121 Å². The van der Waals surface area contributed by atoms with Crippen molar-refractivity contribution in [3.8, 4) is 17.2 Å². The van der Waals surface area contributed by atoms with Crippen molar-refractivity contribution >= 4 is 0 Å². The summed E-state index contributed by atoms with van der Waals surface area (Å²) in [6.45, 7) is 1.47. The van der Waals surface area contributed by atoms with Gasteiger partial charge in [0.25, 0.3) is 0 Å². The molecule has 0 radical (unpaired) electrons. The lowest BCUT2D eigenvalue weighted by Gasteiger charge is -2.45. The van der Waals surface area contributed by atoms with Crippen LogP contribution in [0.2, 0.25) is 0 Å². The van der Waals surface area contributed by atoms with Gasteiger partial charge in [0.15, 0.2) is 11.5 Å². The van der Waals surface area contributed by atoms with E-state index in [9.17, 15) is 5.11 Å². The number of ether oxygens (including phenoxy) is 7. The predicted octanol–water partition coefficient (Wildman–Crippen LogP) is 7.48. The summed E-state index contributed by atoms with van der Waals surface area (Å²) in [4.78, 5) is 0. The molecular weight excluding hydrogens is 620 g/mol. The smallest absolute Gasteiger partial charge is 0.229 e. The Morgan fingerprint density at radius 1 is 0.510 bits per heavy atom. The Kier molecular flexibility index (Phi) is 12.3. The molecule has 6 rings (SSSR count). The van der Waals surface area contributed by atoms with Crippen LogP contribution in [0.5, 0.6) is 17.2 Å². The van der Waals surface area contributed by atoms with Crippen molar-refractivity contribution in [2.24, 2.45) is 0 Å². The maximum Gasteiger partial charge on any atom is 0.229 e. The molecule has 1 aliphatic heterocycles. The molecule has 0 bridgehead atoms. The molecule has 0 spiro atoms. The first-order valence-electron chi connectivity index (χ1n) is 16.4. The van der Waals surface area contributed by atoms with E-state index in [-0.39, 0.29) is 30.5 Å². The van der Waals surface area contributed by atoms with Gasteiger partial charge in [-0.05, 0) is 34.4 Å². The molecule has 254 valence electrons. The molecule has 1 fully saturated rings. The molecule has 1 aliphatic rings. The molecule has 0 saturated carbocycles. The van der Waals surface area contributed by atoms with Gasteiger partial charge in [-0.2, -0.15) is 0 Å². The largest absolute Gasteiger partial charge is 0.502 e. The molecule has 8 nitrogen and oxygen atoms in total. The fraction of sp³-hybridized carbons (Fsp3) is 0.268. The molecule has 0 unspecified atom stereocenters. The average molecular weight is 663 g/mol. The molecule has 5 aromatic carbocycles. The van der Waals surface area contributed by atoms with Gasteiger partial charge in [-0.25, -0.2) is 0 Å². The molecule has 0 aromatic heterocycles. The van der Waals surface area contributed by atoms with Crippen LogP contribution in [0.4, 0.5) is 0 Å². The van der Waals surface area contributed by atoms with E-state index in [1.54, 1.807) is 18.2 Å². The summed E-state index contributed by atoms with van der Waals surface area (Å²) in [5.41, 5.74) is 4.02. The second-order valence-electron chi connectivity index (χ2n) is 11.8. The average Bonchev–Trinajstić information content (AvgIpc) is 3.15. The summed E-state index contributed by atoms with van der Waals surface area (Å²) >= 11 is 0. The molecule has 49 heavy (non-hydrogen) atoms. The van der Waals surface area contributed by atoms with Gasteiger partial charge in [0.2, 0.25) is 12.0 Å². The van der Waals surface area contributed by atoms with Gasteiger partial charge in [0, 0.05) is 0 Å². The molecule has 5 aromatic rings. The van der Waals surface area contributed by atoms with E-state index < -0.39 is 30.7 Å². The molecule has 0 aliphatic carbocycles. The molecule has 8 heteroatoms. The van der Waals surface area contributed by atoms with Crippen LogP contribution in [0.3, 0.4) is 0 Å². The van der Waals surface area contributed by atoms with E-state index in [0.717, 1.165) is 22.3 Å². The number of aromatic hydroxyl groups is 1. The van der Waals surface area contributed by atoms with E-state index in [4.69, 9.17) is 33.2 Å².